The summed E-state index contributed by atoms with van der Waals surface area (Å²) in [6, 6.07) is 4.73. The maximum absolute atomic E-state index is 4.64. The molecule has 110 valence electrons. The summed E-state index contributed by atoms with van der Waals surface area (Å²) in [5.74, 6) is 4.03. The Balaban J connectivity index is 1.61. The summed E-state index contributed by atoms with van der Waals surface area (Å²) in [4.78, 5) is 6.98. The van der Waals surface area contributed by atoms with E-state index in [9.17, 15) is 0 Å². The average molecular weight is 273 g/mol. The Morgan fingerprint density at radius 2 is 2.20 bits per heavy atom. The minimum Gasteiger partial charge on any atom is -0.359 e. The molecule has 0 spiro atoms. The van der Waals surface area contributed by atoms with Crippen molar-refractivity contribution in [2.24, 2.45) is 17.8 Å². The molecule has 1 aromatic heterocycles. The summed E-state index contributed by atoms with van der Waals surface area (Å²) in [6.45, 7) is 3.34. The van der Waals surface area contributed by atoms with Crippen LogP contribution in [0.2, 0.25) is 0 Å². The van der Waals surface area contributed by atoms with Gasteiger partial charge in [-0.1, -0.05) is 12.5 Å². The van der Waals surface area contributed by atoms with Gasteiger partial charge >= 0.3 is 0 Å². The molecule has 20 heavy (non-hydrogen) atoms. The third kappa shape index (κ3) is 2.69. The van der Waals surface area contributed by atoms with E-state index in [0.29, 0.717) is 6.04 Å². The van der Waals surface area contributed by atoms with Crippen LogP contribution in [0.3, 0.4) is 0 Å². The van der Waals surface area contributed by atoms with Crippen LogP contribution < -0.4 is 10.2 Å². The molecule has 1 aromatic rings. The Labute approximate surface area is 122 Å². The standard InChI is InChI=1S/C17H27N3/c1-12(18-2)15-6-7-17(19-10-15)20(3)11-16-9-13-4-5-14(16)8-13/h6-7,10,12-14,16,18H,4-5,8-9,11H2,1-3H3. The molecule has 2 aliphatic rings. The van der Waals surface area contributed by atoms with Crippen LogP contribution in [-0.4, -0.2) is 25.6 Å². The van der Waals surface area contributed by atoms with Crippen molar-refractivity contribution in [3.63, 3.8) is 0 Å². The fourth-order valence-corrected chi connectivity index (χ4v) is 4.09. The van der Waals surface area contributed by atoms with Gasteiger partial charge in [-0.2, -0.15) is 0 Å². The third-order valence-corrected chi connectivity index (χ3v) is 5.49. The topological polar surface area (TPSA) is 28.2 Å². The number of nitrogens with one attached hydrogen (secondary N) is 1. The molecule has 0 aromatic carbocycles. The molecular formula is C17H27N3. The molecular weight excluding hydrogens is 246 g/mol. The molecule has 1 heterocycles. The van der Waals surface area contributed by atoms with Crippen LogP contribution in [0, 0.1) is 17.8 Å². The molecule has 3 nitrogen and oxygen atoms in total. The molecule has 2 fully saturated rings. The van der Waals surface area contributed by atoms with Crippen molar-refractivity contribution in [3.8, 4) is 0 Å². The zero-order valence-corrected chi connectivity index (χ0v) is 13.0. The normalized spacial score (nSPS) is 29.6. The Bertz CT molecular complexity index is 442. The van der Waals surface area contributed by atoms with Gasteiger partial charge in [0.25, 0.3) is 0 Å². The number of rotatable bonds is 5. The first-order chi connectivity index (χ1) is 9.67. The fourth-order valence-electron chi connectivity index (χ4n) is 4.09. The molecule has 4 atom stereocenters. The lowest BCUT2D eigenvalue weighted by atomic mass is 9.88. The third-order valence-electron chi connectivity index (χ3n) is 5.49. The Morgan fingerprint density at radius 3 is 2.75 bits per heavy atom. The fraction of sp³-hybridized carbons (Fsp3) is 0.706. The molecule has 1 N–H and O–H groups in total. The van der Waals surface area contributed by atoms with E-state index in [1.165, 1.54) is 37.8 Å². The molecule has 2 aliphatic carbocycles. The van der Waals surface area contributed by atoms with E-state index >= 15 is 0 Å². The quantitative estimate of drug-likeness (QED) is 0.892. The van der Waals surface area contributed by atoms with Crippen molar-refractivity contribution in [2.75, 3.05) is 25.5 Å². The monoisotopic (exact) mass is 273 g/mol. The Morgan fingerprint density at radius 1 is 1.35 bits per heavy atom. The maximum Gasteiger partial charge on any atom is 0.128 e. The average Bonchev–Trinajstić information content (AvgIpc) is 3.09. The molecule has 3 heteroatoms. The second-order valence-electron chi connectivity index (χ2n) is 6.78. The first-order valence-electron chi connectivity index (χ1n) is 8.01. The summed E-state index contributed by atoms with van der Waals surface area (Å²) >= 11 is 0. The van der Waals surface area contributed by atoms with Gasteiger partial charge in [0.15, 0.2) is 0 Å². The highest BCUT2D eigenvalue weighted by Crippen LogP contribution is 2.48. The summed E-state index contributed by atoms with van der Waals surface area (Å²) in [7, 11) is 4.18. The molecule has 4 unspecified atom stereocenters. The summed E-state index contributed by atoms with van der Waals surface area (Å²) < 4.78 is 0. The summed E-state index contributed by atoms with van der Waals surface area (Å²) in [5, 5.41) is 3.25. The first-order valence-corrected chi connectivity index (χ1v) is 8.01. The van der Waals surface area contributed by atoms with Crippen molar-refractivity contribution in [1.29, 1.82) is 0 Å². The number of anilines is 1. The van der Waals surface area contributed by atoms with E-state index in [2.05, 4.69) is 41.3 Å². The van der Waals surface area contributed by atoms with Gasteiger partial charge in [-0.15, -0.1) is 0 Å². The van der Waals surface area contributed by atoms with Crippen LogP contribution in [0.25, 0.3) is 0 Å². The van der Waals surface area contributed by atoms with Crippen LogP contribution in [-0.2, 0) is 0 Å². The van der Waals surface area contributed by atoms with Crippen LogP contribution in [0.15, 0.2) is 18.3 Å². The minimum absolute atomic E-state index is 0.368. The summed E-state index contributed by atoms with van der Waals surface area (Å²) in [5.41, 5.74) is 1.25. The second kappa shape index (κ2) is 5.72. The molecule has 2 saturated carbocycles. The molecule has 0 amide bonds. The van der Waals surface area contributed by atoms with Gasteiger partial charge in [-0.3, -0.25) is 0 Å². The number of hydrogen-bond donors (Lipinski definition) is 1. The minimum atomic E-state index is 0.368. The zero-order valence-electron chi connectivity index (χ0n) is 13.0. The Hall–Kier alpha value is -1.09. The van der Waals surface area contributed by atoms with E-state index in [0.717, 1.165) is 23.6 Å². The van der Waals surface area contributed by atoms with Crippen LogP contribution >= 0.6 is 0 Å². The lowest BCUT2D eigenvalue weighted by Gasteiger charge is -2.28. The van der Waals surface area contributed by atoms with Crippen molar-refractivity contribution >= 4 is 5.82 Å². The van der Waals surface area contributed by atoms with Gasteiger partial charge in [-0.05, 0) is 62.6 Å². The lowest BCUT2D eigenvalue weighted by Crippen LogP contribution is -2.29. The molecule has 2 bridgehead atoms. The van der Waals surface area contributed by atoms with E-state index in [1.54, 1.807) is 0 Å². The zero-order chi connectivity index (χ0) is 14.1. The second-order valence-corrected chi connectivity index (χ2v) is 6.78. The molecule has 0 aliphatic heterocycles. The maximum atomic E-state index is 4.64. The molecule has 0 radical (unpaired) electrons. The largest absolute Gasteiger partial charge is 0.359 e. The smallest absolute Gasteiger partial charge is 0.128 e. The highest BCUT2D eigenvalue weighted by molar-refractivity contribution is 5.39. The van der Waals surface area contributed by atoms with Gasteiger partial charge in [0, 0.05) is 25.8 Å². The predicted molar refractivity (Wildman–Crippen MR) is 83.9 cm³/mol. The van der Waals surface area contributed by atoms with Crippen molar-refractivity contribution in [2.45, 2.75) is 38.6 Å². The molecule has 3 rings (SSSR count). The highest BCUT2D eigenvalue weighted by Gasteiger charge is 2.39. The number of nitrogens with zero attached hydrogens (tertiary/aromatic N) is 2. The van der Waals surface area contributed by atoms with E-state index in [1.807, 2.05) is 13.2 Å². The Kier molecular flexibility index (Phi) is 3.97. The van der Waals surface area contributed by atoms with Gasteiger partial charge < -0.3 is 10.2 Å². The van der Waals surface area contributed by atoms with E-state index in [4.69, 9.17) is 0 Å². The van der Waals surface area contributed by atoms with E-state index < -0.39 is 0 Å². The van der Waals surface area contributed by atoms with Crippen molar-refractivity contribution in [3.05, 3.63) is 23.9 Å². The number of fused-ring (bicyclic) bond motifs is 2. The van der Waals surface area contributed by atoms with Gasteiger partial charge in [0.05, 0.1) is 0 Å². The summed E-state index contributed by atoms with van der Waals surface area (Å²) in [6.07, 6.45) is 7.90. The first kappa shape index (κ1) is 13.9. The molecule has 0 saturated heterocycles. The van der Waals surface area contributed by atoms with Gasteiger partial charge in [0.1, 0.15) is 5.82 Å². The van der Waals surface area contributed by atoms with Crippen LogP contribution in [0.4, 0.5) is 5.82 Å². The lowest BCUT2D eigenvalue weighted by molar-refractivity contribution is 0.337. The number of aromatic nitrogens is 1. The predicted octanol–water partition coefficient (Wildman–Crippen LogP) is 3.23. The van der Waals surface area contributed by atoms with Crippen molar-refractivity contribution in [1.82, 2.24) is 10.3 Å². The van der Waals surface area contributed by atoms with E-state index in [-0.39, 0.29) is 0 Å². The van der Waals surface area contributed by atoms with Crippen LogP contribution in [0.1, 0.15) is 44.2 Å². The number of hydrogen-bond acceptors (Lipinski definition) is 3. The van der Waals surface area contributed by atoms with Crippen LogP contribution in [0.5, 0.6) is 0 Å². The highest BCUT2D eigenvalue weighted by atomic mass is 15.2. The van der Waals surface area contributed by atoms with Gasteiger partial charge in [0.2, 0.25) is 0 Å². The van der Waals surface area contributed by atoms with Crippen molar-refractivity contribution < 1.29 is 0 Å². The van der Waals surface area contributed by atoms with Gasteiger partial charge in [-0.25, -0.2) is 4.98 Å². The number of pyridine rings is 1. The SMILES string of the molecule is CNC(C)c1ccc(N(C)CC2CC3CCC2C3)nc1.